The predicted octanol–water partition coefficient (Wildman–Crippen LogP) is 13.5. The Balaban J connectivity index is 1.08. The highest BCUT2D eigenvalue weighted by Crippen LogP contribution is 2.44. The van der Waals surface area contributed by atoms with E-state index in [-0.39, 0.29) is 0 Å². The number of pyridine rings is 1. The zero-order valence-electron chi connectivity index (χ0n) is 30.7. The molecule has 0 bridgehead atoms. The molecule has 0 amide bonds. The third-order valence-electron chi connectivity index (χ3n) is 11.5. The van der Waals surface area contributed by atoms with Crippen molar-refractivity contribution in [3.8, 4) is 34.5 Å². The Hall–Kier alpha value is -7.26. The maximum absolute atomic E-state index is 5.38. The van der Waals surface area contributed by atoms with E-state index in [0.717, 1.165) is 55.2 Å². The average Bonchev–Trinajstić information content (AvgIpc) is 4.04. The Labute approximate surface area is 338 Å². The van der Waals surface area contributed by atoms with Gasteiger partial charge in [-0.05, 0) is 48.5 Å². The molecular formula is C50H28N6S2. The zero-order chi connectivity index (χ0) is 37.9. The molecule has 58 heavy (non-hydrogen) atoms. The lowest BCUT2D eigenvalue weighted by atomic mass is 10.1. The minimum absolute atomic E-state index is 0.586. The fraction of sp³-hybridized carbons (Fsp3) is 0. The number of hydrogen-bond acceptors (Lipinski definition) is 6. The molecule has 6 aromatic heterocycles. The number of thiophene rings is 2. The number of benzene rings is 7. The molecule has 13 rings (SSSR count). The van der Waals surface area contributed by atoms with Gasteiger partial charge in [-0.25, -0.2) is 9.97 Å². The smallest absolute Gasteiger partial charge is 0.238 e. The van der Waals surface area contributed by atoms with Crippen molar-refractivity contribution in [1.82, 2.24) is 29.1 Å². The highest BCUT2D eigenvalue weighted by Gasteiger charge is 2.23. The second kappa shape index (κ2) is 12.1. The van der Waals surface area contributed by atoms with Crippen LogP contribution in [0.4, 0.5) is 0 Å². The van der Waals surface area contributed by atoms with Crippen LogP contribution in [0.1, 0.15) is 0 Å². The number of nitrogens with zero attached hydrogens (tertiary/aromatic N) is 6. The number of hydrogen-bond donors (Lipinski definition) is 0. The summed E-state index contributed by atoms with van der Waals surface area (Å²) in [5.74, 6) is 2.76. The van der Waals surface area contributed by atoms with Crippen molar-refractivity contribution in [3.63, 3.8) is 0 Å². The second-order valence-corrected chi connectivity index (χ2v) is 16.7. The normalized spacial score (nSPS) is 12.1. The Morgan fingerprint density at radius 2 is 0.948 bits per heavy atom. The number of rotatable bonds is 4. The summed E-state index contributed by atoms with van der Waals surface area (Å²) < 4.78 is 9.47. The summed E-state index contributed by atoms with van der Waals surface area (Å²) in [6.45, 7) is 0. The van der Waals surface area contributed by atoms with Crippen molar-refractivity contribution >= 4 is 107 Å². The summed E-state index contributed by atoms with van der Waals surface area (Å²) in [6, 6.07) is 57.9. The van der Waals surface area contributed by atoms with Gasteiger partial charge in [-0.3, -0.25) is 9.13 Å². The predicted molar refractivity (Wildman–Crippen MR) is 243 cm³/mol. The van der Waals surface area contributed by atoms with Crippen molar-refractivity contribution in [3.05, 3.63) is 170 Å². The largest absolute Gasteiger partial charge is 0.293 e. The van der Waals surface area contributed by atoms with Gasteiger partial charge < -0.3 is 0 Å². The van der Waals surface area contributed by atoms with Crippen LogP contribution in [0.2, 0.25) is 0 Å². The van der Waals surface area contributed by atoms with Crippen molar-refractivity contribution in [2.24, 2.45) is 0 Å². The van der Waals surface area contributed by atoms with Gasteiger partial charge in [0.1, 0.15) is 0 Å². The van der Waals surface area contributed by atoms with Crippen molar-refractivity contribution in [1.29, 1.82) is 0 Å². The van der Waals surface area contributed by atoms with Gasteiger partial charge in [0.05, 0.1) is 31.5 Å². The molecule has 0 aliphatic carbocycles. The van der Waals surface area contributed by atoms with Gasteiger partial charge in [-0.15, -0.1) is 22.7 Å². The maximum atomic E-state index is 5.38. The van der Waals surface area contributed by atoms with Crippen LogP contribution in [0, 0.1) is 0 Å². The van der Waals surface area contributed by atoms with E-state index in [0.29, 0.717) is 17.6 Å². The molecule has 0 saturated heterocycles. The molecule has 6 heterocycles. The quantitative estimate of drug-likeness (QED) is 0.179. The van der Waals surface area contributed by atoms with Gasteiger partial charge in [-0.2, -0.15) is 9.97 Å². The van der Waals surface area contributed by atoms with E-state index < -0.39 is 0 Å². The molecule has 0 N–H and O–H groups in total. The standard InChI is InChI=1S/C50H28N6S2/c1-2-12-29(13-3-1)47-52-48(54-50(53-47)56-40-19-9-4-14-31(40)35-23-24-36-33-16-6-10-20-42(33)57-45(36)44(35)56)30-22-25-41-38(28-30)32-15-5-8-18-39(32)55(41)49-46-37(26-27-51-49)34-17-7-11-21-43(34)58-46/h1-28H. The van der Waals surface area contributed by atoms with Gasteiger partial charge >= 0.3 is 0 Å². The Kier molecular flexibility index (Phi) is 6.66. The van der Waals surface area contributed by atoms with Crippen LogP contribution < -0.4 is 0 Å². The fourth-order valence-corrected chi connectivity index (χ4v) is 11.3. The number of fused-ring (bicyclic) bond motifs is 13. The van der Waals surface area contributed by atoms with E-state index in [9.17, 15) is 0 Å². The Morgan fingerprint density at radius 1 is 0.379 bits per heavy atom. The van der Waals surface area contributed by atoms with Gasteiger partial charge in [0, 0.05) is 69.8 Å². The van der Waals surface area contributed by atoms with Crippen molar-refractivity contribution in [2.45, 2.75) is 0 Å². The molecule has 0 fully saturated rings. The van der Waals surface area contributed by atoms with Gasteiger partial charge in [0.25, 0.3) is 0 Å². The average molecular weight is 777 g/mol. The fourth-order valence-electron chi connectivity index (χ4n) is 8.89. The minimum atomic E-state index is 0.586. The van der Waals surface area contributed by atoms with Crippen LogP contribution in [-0.2, 0) is 0 Å². The molecule has 0 radical (unpaired) electrons. The lowest BCUT2D eigenvalue weighted by Gasteiger charge is -2.12. The SMILES string of the molecule is c1ccc(-c2nc(-c3ccc4c(c3)c3ccccc3n4-c3nccc4c3sc3ccccc34)nc(-n3c4ccccc4c4ccc5c6ccccc6sc5c43)n2)cc1. The second-order valence-electron chi connectivity index (χ2n) is 14.6. The van der Waals surface area contributed by atoms with Crippen LogP contribution in [-0.4, -0.2) is 29.1 Å². The molecule has 6 nitrogen and oxygen atoms in total. The Bertz CT molecular complexity index is 3820. The summed E-state index contributed by atoms with van der Waals surface area (Å²) >= 11 is 3.62. The summed E-state index contributed by atoms with van der Waals surface area (Å²) in [5, 5.41) is 9.56. The zero-order valence-corrected chi connectivity index (χ0v) is 32.3. The van der Waals surface area contributed by atoms with Gasteiger partial charge in [0.15, 0.2) is 17.5 Å². The first-order valence-electron chi connectivity index (χ1n) is 19.2. The van der Waals surface area contributed by atoms with E-state index in [1.165, 1.54) is 45.7 Å². The summed E-state index contributed by atoms with van der Waals surface area (Å²) in [5.41, 5.74) is 6.19. The first kappa shape index (κ1) is 31.9. The lowest BCUT2D eigenvalue weighted by Crippen LogP contribution is -2.06. The monoisotopic (exact) mass is 776 g/mol. The topological polar surface area (TPSA) is 61.4 Å². The van der Waals surface area contributed by atoms with Crippen LogP contribution in [0.25, 0.3) is 118 Å². The van der Waals surface area contributed by atoms with E-state index in [1.807, 2.05) is 35.7 Å². The molecule has 0 atom stereocenters. The van der Waals surface area contributed by atoms with E-state index >= 15 is 0 Å². The van der Waals surface area contributed by atoms with Gasteiger partial charge in [0.2, 0.25) is 5.95 Å². The van der Waals surface area contributed by atoms with Crippen LogP contribution in [0.5, 0.6) is 0 Å². The summed E-state index contributed by atoms with van der Waals surface area (Å²) in [7, 11) is 0. The molecule has 8 heteroatoms. The molecule has 0 saturated carbocycles. The van der Waals surface area contributed by atoms with Crippen LogP contribution in [0.3, 0.4) is 0 Å². The van der Waals surface area contributed by atoms with Crippen LogP contribution in [0.15, 0.2) is 170 Å². The number of aromatic nitrogens is 6. The van der Waals surface area contributed by atoms with Crippen molar-refractivity contribution < 1.29 is 0 Å². The lowest BCUT2D eigenvalue weighted by molar-refractivity contribution is 0.955. The molecule has 0 aliphatic rings. The highest BCUT2D eigenvalue weighted by molar-refractivity contribution is 7.27. The van der Waals surface area contributed by atoms with Crippen molar-refractivity contribution in [2.75, 3.05) is 0 Å². The molecular weight excluding hydrogens is 749 g/mol. The summed E-state index contributed by atoms with van der Waals surface area (Å²) in [4.78, 5) is 20.9. The van der Waals surface area contributed by atoms with E-state index in [1.54, 1.807) is 11.3 Å². The molecule has 13 aromatic rings. The molecule has 0 aliphatic heterocycles. The third kappa shape index (κ3) is 4.52. The van der Waals surface area contributed by atoms with Gasteiger partial charge in [-0.1, -0.05) is 115 Å². The highest BCUT2D eigenvalue weighted by atomic mass is 32.1. The molecule has 7 aromatic carbocycles. The maximum Gasteiger partial charge on any atom is 0.238 e. The molecule has 0 unspecified atom stereocenters. The van der Waals surface area contributed by atoms with Crippen LogP contribution >= 0.6 is 22.7 Å². The van der Waals surface area contributed by atoms with E-state index in [4.69, 9.17) is 19.9 Å². The minimum Gasteiger partial charge on any atom is -0.293 e. The molecule has 0 spiro atoms. The third-order valence-corrected chi connectivity index (χ3v) is 13.8. The first-order chi connectivity index (χ1) is 28.8. The number of para-hydroxylation sites is 2. The van der Waals surface area contributed by atoms with E-state index in [2.05, 4.69) is 155 Å². The first-order valence-corrected chi connectivity index (χ1v) is 20.9. The summed E-state index contributed by atoms with van der Waals surface area (Å²) in [6.07, 6.45) is 1.94. The Morgan fingerprint density at radius 3 is 1.71 bits per heavy atom. The molecule has 270 valence electrons.